The van der Waals surface area contributed by atoms with E-state index in [4.69, 9.17) is 8.83 Å². The maximum Gasteiger partial charge on any atom is 0.135 e. The number of aryl methyl sites for hydroxylation is 2. The van der Waals surface area contributed by atoms with Crippen molar-refractivity contribution in [1.82, 2.24) is 0 Å². The van der Waals surface area contributed by atoms with Crippen LogP contribution in [0.5, 0.6) is 0 Å². The summed E-state index contributed by atoms with van der Waals surface area (Å²) in [7, 11) is 0. The first kappa shape index (κ1) is 19.7. The van der Waals surface area contributed by atoms with Crippen LogP contribution >= 0.6 is 0 Å². The van der Waals surface area contributed by atoms with Crippen molar-refractivity contribution in [1.29, 1.82) is 0 Å². The van der Waals surface area contributed by atoms with Crippen LogP contribution in [0.1, 0.15) is 42.2 Å². The summed E-state index contributed by atoms with van der Waals surface area (Å²) in [5.41, 5.74) is 10.9. The maximum atomic E-state index is 6.36. The van der Waals surface area contributed by atoms with Gasteiger partial charge in [0.2, 0.25) is 0 Å². The topological polar surface area (TPSA) is 26.3 Å². The first-order valence-corrected chi connectivity index (χ1v) is 12.0. The molecule has 3 aliphatic carbocycles. The summed E-state index contributed by atoms with van der Waals surface area (Å²) in [6.07, 6.45) is 6.77. The quantitative estimate of drug-likeness (QED) is 0.337. The molecular formula is C32H26O2. The highest BCUT2D eigenvalue weighted by Crippen LogP contribution is 2.58. The lowest BCUT2D eigenvalue weighted by atomic mass is 9.63. The summed E-state index contributed by atoms with van der Waals surface area (Å²) in [5.74, 6) is 3.14. The van der Waals surface area contributed by atoms with E-state index in [1.165, 1.54) is 38.6 Å². The van der Waals surface area contributed by atoms with E-state index in [1.54, 1.807) is 0 Å². The van der Waals surface area contributed by atoms with Gasteiger partial charge < -0.3 is 8.83 Å². The van der Waals surface area contributed by atoms with Crippen LogP contribution in [0.15, 0.2) is 86.7 Å². The second-order valence-electron chi connectivity index (χ2n) is 10.5. The minimum atomic E-state index is -0.0915. The zero-order valence-electron chi connectivity index (χ0n) is 19.9. The van der Waals surface area contributed by atoms with Crippen LogP contribution in [0.4, 0.5) is 0 Å². The molecule has 0 fully saturated rings. The summed E-state index contributed by atoms with van der Waals surface area (Å²) in [6, 6.07) is 21.6. The second kappa shape index (κ2) is 6.64. The molecule has 166 valence electrons. The van der Waals surface area contributed by atoms with Crippen LogP contribution in [0.25, 0.3) is 40.4 Å². The zero-order chi connectivity index (χ0) is 23.2. The van der Waals surface area contributed by atoms with Crippen molar-refractivity contribution in [3.63, 3.8) is 0 Å². The molecule has 2 nitrogen and oxygen atoms in total. The van der Waals surface area contributed by atoms with Gasteiger partial charge in [-0.3, -0.25) is 0 Å². The van der Waals surface area contributed by atoms with Gasteiger partial charge in [-0.15, -0.1) is 0 Å². The molecule has 0 saturated carbocycles. The highest BCUT2D eigenvalue weighted by molar-refractivity contribution is 5.91. The SMILES string of the molecule is Cc1ccc(-c2cc3c(o2)C=C2C=C4C=c5oc(-c6ccc(C)cc6)cc5=C4C(C)(C)C23)cc1. The number of rotatable bonds is 2. The Morgan fingerprint density at radius 3 is 1.97 bits per heavy atom. The third-order valence-electron chi connectivity index (χ3n) is 7.70. The first-order chi connectivity index (χ1) is 16.4. The van der Waals surface area contributed by atoms with Gasteiger partial charge in [-0.25, -0.2) is 0 Å². The van der Waals surface area contributed by atoms with Crippen molar-refractivity contribution < 1.29 is 8.83 Å². The molecule has 2 heteroatoms. The van der Waals surface area contributed by atoms with E-state index in [2.05, 4.69) is 107 Å². The molecule has 0 spiro atoms. The predicted octanol–water partition coefficient (Wildman–Crippen LogP) is 6.92. The lowest BCUT2D eigenvalue weighted by molar-refractivity contribution is 0.430. The van der Waals surface area contributed by atoms with E-state index in [0.717, 1.165) is 33.8 Å². The van der Waals surface area contributed by atoms with E-state index in [9.17, 15) is 0 Å². The van der Waals surface area contributed by atoms with Crippen LogP contribution < -0.4 is 10.6 Å². The van der Waals surface area contributed by atoms with E-state index in [-0.39, 0.29) is 11.3 Å². The molecule has 0 bridgehead atoms. The number of furan rings is 2. The summed E-state index contributed by atoms with van der Waals surface area (Å²) in [5, 5.41) is 1.22. The van der Waals surface area contributed by atoms with Gasteiger partial charge in [0, 0.05) is 33.2 Å². The molecule has 2 aromatic heterocycles. The maximum absolute atomic E-state index is 6.36. The molecule has 3 aliphatic rings. The van der Waals surface area contributed by atoms with Crippen LogP contribution in [0.3, 0.4) is 0 Å². The van der Waals surface area contributed by atoms with Crippen LogP contribution in [-0.2, 0) is 0 Å². The Bertz CT molecular complexity index is 1660. The molecule has 1 unspecified atom stereocenters. The van der Waals surface area contributed by atoms with Gasteiger partial charge in [0.25, 0.3) is 0 Å². The zero-order valence-corrected chi connectivity index (χ0v) is 19.9. The Morgan fingerprint density at radius 2 is 1.32 bits per heavy atom. The van der Waals surface area contributed by atoms with Gasteiger partial charge >= 0.3 is 0 Å². The van der Waals surface area contributed by atoms with Crippen molar-refractivity contribution in [3.8, 4) is 22.6 Å². The molecule has 0 radical (unpaired) electrons. The number of hydrogen-bond acceptors (Lipinski definition) is 2. The number of benzene rings is 2. The predicted molar refractivity (Wildman–Crippen MR) is 137 cm³/mol. The molecule has 2 heterocycles. The third kappa shape index (κ3) is 2.69. The number of hydrogen-bond donors (Lipinski definition) is 0. The minimum absolute atomic E-state index is 0.0915. The summed E-state index contributed by atoms with van der Waals surface area (Å²) in [4.78, 5) is 0. The van der Waals surface area contributed by atoms with Crippen LogP contribution in [0.2, 0.25) is 0 Å². The number of allylic oxidation sites excluding steroid dienone is 3. The normalized spacial score (nSPS) is 19.1. The lowest BCUT2D eigenvalue weighted by Crippen LogP contribution is -2.32. The highest BCUT2D eigenvalue weighted by Gasteiger charge is 2.46. The molecule has 0 amide bonds. The molecule has 34 heavy (non-hydrogen) atoms. The Balaban J connectivity index is 1.35. The third-order valence-corrected chi connectivity index (χ3v) is 7.70. The monoisotopic (exact) mass is 442 g/mol. The summed E-state index contributed by atoms with van der Waals surface area (Å²) in [6.45, 7) is 8.95. The fourth-order valence-corrected chi connectivity index (χ4v) is 6.06. The Hall–Kier alpha value is -3.78. The summed E-state index contributed by atoms with van der Waals surface area (Å²) >= 11 is 0. The number of fused-ring (bicyclic) bond motifs is 5. The van der Waals surface area contributed by atoms with Crippen molar-refractivity contribution in [2.24, 2.45) is 5.41 Å². The van der Waals surface area contributed by atoms with Gasteiger partial charge in [0.05, 0.1) is 0 Å². The average Bonchev–Trinajstić information content (AvgIpc) is 3.53. The van der Waals surface area contributed by atoms with Gasteiger partial charge in [0.15, 0.2) is 0 Å². The molecular weight excluding hydrogens is 416 g/mol. The van der Waals surface area contributed by atoms with Gasteiger partial charge in [-0.05, 0) is 54.9 Å². The van der Waals surface area contributed by atoms with Crippen molar-refractivity contribution in [3.05, 3.63) is 111 Å². The molecule has 1 atom stereocenters. The average molecular weight is 443 g/mol. The van der Waals surface area contributed by atoms with E-state index in [1.807, 2.05) is 0 Å². The Kier molecular flexibility index (Phi) is 3.84. The van der Waals surface area contributed by atoms with Crippen molar-refractivity contribution in [2.45, 2.75) is 33.6 Å². The second-order valence-corrected chi connectivity index (χ2v) is 10.5. The fraction of sp³-hybridized carbons (Fsp3) is 0.188. The first-order valence-electron chi connectivity index (χ1n) is 12.0. The van der Waals surface area contributed by atoms with E-state index in [0.29, 0.717) is 0 Å². The van der Waals surface area contributed by atoms with Gasteiger partial charge in [-0.1, -0.05) is 79.6 Å². The van der Waals surface area contributed by atoms with Crippen molar-refractivity contribution >= 4 is 17.7 Å². The van der Waals surface area contributed by atoms with Crippen molar-refractivity contribution in [2.75, 3.05) is 0 Å². The molecule has 2 aromatic carbocycles. The molecule has 0 aliphatic heterocycles. The lowest BCUT2D eigenvalue weighted by Gasteiger charge is -2.39. The largest absolute Gasteiger partial charge is 0.456 e. The van der Waals surface area contributed by atoms with Crippen LogP contribution in [-0.4, -0.2) is 0 Å². The van der Waals surface area contributed by atoms with Crippen LogP contribution in [0, 0.1) is 19.3 Å². The minimum Gasteiger partial charge on any atom is -0.456 e. The Morgan fingerprint density at radius 1 is 0.706 bits per heavy atom. The van der Waals surface area contributed by atoms with E-state index >= 15 is 0 Å². The smallest absolute Gasteiger partial charge is 0.135 e. The molecule has 4 aromatic rings. The fourth-order valence-electron chi connectivity index (χ4n) is 6.06. The Labute approximate surface area is 199 Å². The molecule has 7 rings (SSSR count). The van der Waals surface area contributed by atoms with Gasteiger partial charge in [-0.2, -0.15) is 0 Å². The standard InChI is InChI=1S/C32H26O2/c1-18-5-9-20(10-6-18)26-16-24-28(33-26)14-22-13-23-15-29-25(31(23)32(3,4)30(22)24)17-27(34-29)21-11-7-19(2)8-12-21/h5-17,30H,1-4H3. The highest BCUT2D eigenvalue weighted by atomic mass is 16.3. The molecule has 0 saturated heterocycles. The van der Waals surface area contributed by atoms with Gasteiger partial charge in [0.1, 0.15) is 22.7 Å². The summed E-state index contributed by atoms with van der Waals surface area (Å²) < 4.78 is 12.7. The van der Waals surface area contributed by atoms with E-state index < -0.39 is 0 Å². The molecule has 0 N–H and O–H groups in total.